The molecule has 3 N–H and O–H groups in total. The highest BCUT2D eigenvalue weighted by molar-refractivity contribution is 5.94. The molecule has 2 unspecified atom stereocenters. The van der Waals surface area contributed by atoms with E-state index in [0.29, 0.717) is 11.7 Å². The minimum Gasteiger partial charge on any atom is -0.308 e. The van der Waals surface area contributed by atoms with Gasteiger partial charge in [-0.1, -0.05) is 6.92 Å². The number of H-pyrrole nitrogens is 1. The zero-order chi connectivity index (χ0) is 12.3. The number of hydrogen-bond acceptors (Lipinski definition) is 4. The van der Waals surface area contributed by atoms with Crippen LogP contribution in [0.5, 0.6) is 0 Å². The van der Waals surface area contributed by atoms with Crippen LogP contribution in [0, 0.1) is 5.92 Å². The molecule has 6 heteroatoms. The largest absolute Gasteiger partial charge is 0.308 e. The molecule has 1 amide bonds. The fourth-order valence-electron chi connectivity index (χ4n) is 1.93. The molecule has 17 heavy (non-hydrogen) atoms. The maximum atomic E-state index is 11.9. The van der Waals surface area contributed by atoms with Gasteiger partial charge in [-0.05, 0) is 31.4 Å². The van der Waals surface area contributed by atoms with Crippen LogP contribution in [-0.2, 0) is 4.79 Å². The van der Waals surface area contributed by atoms with Crippen molar-refractivity contribution in [2.75, 3.05) is 11.9 Å². The molecule has 2 atom stereocenters. The summed E-state index contributed by atoms with van der Waals surface area (Å²) in [4.78, 5) is 22.7. The lowest BCUT2D eigenvalue weighted by molar-refractivity contribution is -0.119. The predicted octanol–water partition coefficient (Wildman–Crippen LogP) is 0.0965. The maximum Gasteiger partial charge on any atom is 0.264 e. The number of anilines is 1. The van der Waals surface area contributed by atoms with Crippen LogP contribution in [-0.4, -0.2) is 28.7 Å². The number of aromatic nitrogens is 2. The van der Waals surface area contributed by atoms with Gasteiger partial charge in [-0.2, -0.15) is 5.10 Å². The quantitative estimate of drug-likeness (QED) is 0.679. The van der Waals surface area contributed by atoms with Crippen molar-refractivity contribution in [3.63, 3.8) is 0 Å². The molecule has 0 spiro atoms. The molecular formula is C11H16N4O2. The third kappa shape index (κ3) is 3.13. The Kier molecular flexibility index (Phi) is 3.53. The first-order chi connectivity index (χ1) is 8.15. The van der Waals surface area contributed by atoms with Crippen molar-refractivity contribution in [1.82, 2.24) is 15.5 Å². The normalized spacial score (nSPS) is 24.3. The number of piperidine rings is 1. The summed E-state index contributed by atoms with van der Waals surface area (Å²) < 4.78 is 0. The van der Waals surface area contributed by atoms with Crippen molar-refractivity contribution in [2.45, 2.75) is 25.8 Å². The smallest absolute Gasteiger partial charge is 0.264 e. The van der Waals surface area contributed by atoms with Gasteiger partial charge in [0.15, 0.2) is 5.82 Å². The van der Waals surface area contributed by atoms with Gasteiger partial charge in [0, 0.05) is 6.07 Å². The van der Waals surface area contributed by atoms with Crippen LogP contribution in [0.4, 0.5) is 5.82 Å². The van der Waals surface area contributed by atoms with E-state index in [4.69, 9.17) is 0 Å². The van der Waals surface area contributed by atoms with Crippen molar-refractivity contribution in [3.8, 4) is 0 Å². The fourth-order valence-corrected chi connectivity index (χ4v) is 1.93. The fraction of sp³-hybridized carbons (Fsp3) is 0.545. The molecule has 1 aliphatic heterocycles. The van der Waals surface area contributed by atoms with E-state index in [9.17, 15) is 9.59 Å². The average Bonchev–Trinajstić information content (AvgIpc) is 2.32. The molecule has 2 rings (SSSR count). The Bertz CT molecular complexity index is 437. The zero-order valence-corrected chi connectivity index (χ0v) is 9.69. The van der Waals surface area contributed by atoms with E-state index in [0.717, 1.165) is 19.4 Å². The molecule has 92 valence electrons. The molecule has 0 aliphatic carbocycles. The van der Waals surface area contributed by atoms with Crippen LogP contribution in [0.15, 0.2) is 16.9 Å². The molecule has 1 aliphatic rings. The Labute approximate surface area is 98.8 Å². The third-order valence-corrected chi connectivity index (χ3v) is 2.91. The first kappa shape index (κ1) is 11.8. The van der Waals surface area contributed by atoms with Crippen LogP contribution in [0.2, 0.25) is 0 Å². The van der Waals surface area contributed by atoms with Crippen molar-refractivity contribution in [1.29, 1.82) is 0 Å². The Balaban J connectivity index is 1.96. The monoisotopic (exact) mass is 236 g/mol. The Hall–Kier alpha value is -1.69. The van der Waals surface area contributed by atoms with Crippen LogP contribution in [0.1, 0.15) is 19.8 Å². The van der Waals surface area contributed by atoms with Gasteiger partial charge >= 0.3 is 0 Å². The lowest BCUT2D eigenvalue weighted by atomic mass is 9.94. The van der Waals surface area contributed by atoms with Crippen LogP contribution in [0.3, 0.4) is 0 Å². The number of carbonyl (C=O) groups is 1. The number of hydrogen-bond donors (Lipinski definition) is 3. The Morgan fingerprint density at radius 3 is 3.00 bits per heavy atom. The van der Waals surface area contributed by atoms with Gasteiger partial charge in [-0.15, -0.1) is 0 Å². The van der Waals surface area contributed by atoms with Crippen molar-refractivity contribution in [2.24, 2.45) is 5.92 Å². The second-order valence-corrected chi connectivity index (χ2v) is 4.43. The van der Waals surface area contributed by atoms with E-state index in [1.807, 2.05) is 0 Å². The molecular weight excluding hydrogens is 220 g/mol. The first-order valence-corrected chi connectivity index (χ1v) is 5.75. The minimum absolute atomic E-state index is 0.101. The summed E-state index contributed by atoms with van der Waals surface area (Å²) >= 11 is 0. The second-order valence-electron chi connectivity index (χ2n) is 4.43. The van der Waals surface area contributed by atoms with E-state index in [1.54, 1.807) is 0 Å². The topological polar surface area (TPSA) is 86.9 Å². The van der Waals surface area contributed by atoms with Gasteiger partial charge in [0.05, 0.1) is 6.04 Å². The number of nitrogens with one attached hydrogen (secondary N) is 3. The van der Waals surface area contributed by atoms with E-state index >= 15 is 0 Å². The SMILES string of the molecule is CC1CCNC(C(=O)Nc2ccc(=O)[nH]n2)C1. The summed E-state index contributed by atoms with van der Waals surface area (Å²) in [6, 6.07) is 2.65. The summed E-state index contributed by atoms with van der Waals surface area (Å²) in [6.07, 6.45) is 1.93. The molecule has 1 aromatic rings. The van der Waals surface area contributed by atoms with Crippen molar-refractivity contribution in [3.05, 3.63) is 22.5 Å². The van der Waals surface area contributed by atoms with Crippen LogP contribution in [0.25, 0.3) is 0 Å². The molecule has 0 saturated carbocycles. The van der Waals surface area contributed by atoms with E-state index in [2.05, 4.69) is 27.8 Å². The molecule has 0 bridgehead atoms. The molecule has 2 heterocycles. The molecule has 1 aromatic heterocycles. The van der Waals surface area contributed by atoms with Gasteiger partial charge in [0.1, 0.15) is 0 Å². The summed E-state index contributed by atoms with van der Waals surface area (Å²) in [7, 11) is 0. The van der Waals surface area contributed by atoms with Crippen molar-refractivity contribution >= 4 is 11.7 Å². The van der Waals surface area contributed by atoms with Crippen molar-refractivity contribution < 1.29 is 4.79 Å². The number of carbonyl (C=O) groups excluding carboxylic acids is 1. The van der Waals surface area contributed by atoms with Gasteiger partial charge in [-0.25, -0.2) is 5.10 Å². The van der Waals surface area contributed by atoms with Gasteiger partial charge < -0.3 is 10.6 Å². The van der Waals surface area contributed by atoms with Gasteiger partial charge in [0.2, 0.25) is 5.91 Å². The molecule has 1 fully saturated rings. The minimum atomic E-state index is -0.285. The Morgan fingerprint density at radius 1 is 1.53 bits per heavy atom. The second kappa shape index (κ2) is 5.09. The number of rotatable bonds is 2. The highest BCUT2D eigenvalue weighted by Crippen LogP contribution is 2.15. The Morgan fingerprint density at radius 2 is 2.35 bits per heavy atom. The standard InChI is InChI=1S/C11H16N4O2/c1-7-4-5-12-8(6-7)11(17)13-9-2-3-10(16)15-14-9/h2-3,7-8,12H,4-6H2,1H3,(H,15,16)(H,13,14,17). The molecule has 0 aromatic carbocycles. The van der Waals surface area contributed by atoms with E-state index < -0.39 is 0 Å². The predicted molar refractivity (Wildman–Crippen MR) is 63.7 cm³/mol. The third-order valence-electron chi connectivity index (χ3n) is 2.91. The van der Waals surface area contributed by atoms with E-state index in [1.165, 1.54) is 12.1 Å². The highest BCUT2D eigenvalue weighted by Gasteiger charge is 2.24. The summed E-state index contributed by atoms with van der Waals surface area (Å²) in [5.74, 6) is 0.821. The number of nitrogens with zero attached hydrogens (tertiary/aromatic N) is 1. The summed E-state index contributed by atoms with van der Waals surface area (Å²) in [6.45, 7) is 3.00. The lowest BCUT2D eigenvalue weighted by Gasteiger charge is -2.26. The lowest BCUT2D eigenvalue weighted by Crippen LogP contribution is -2.45. The zero-order valence-electron chi connectivity index (χ0n) is 9.69. The highest BCUT2D eigenvalue weighted by atomic mass is 16.2. The molecule has 0 radical (unpaired) electrons. The summed E-state index contributed by atoms with van der Waals surface area (Å²) in [5.41, 5.74) is -0.285. The van der Waals surface area contributed by atoms with Gasteiger partial charge in [0.25, 0.3) is 5.56 Å². The maximum absolute atomic E-state index is 11.9. The average molecular weight is 236 g/mol. The molecule has 6 nitrogen and oxygen atoms in total. The number of amides is 1. The van der Waals surface area contributed by atoms with Gasteiger partial charge in [-0.3, -0.25) is 9.59 Å². The summed E-state index contributed by atoms with van der Waals surface area (Å²) in [5, 5.41) is 11.9. The molecule has 1 saturated heterocycles. The first-order valence-electron chi connectivity index (χ1n) is 5.75. The van der Waals surface area contributed by atoms with E-state index in [-0.39, 0.29) is 17.5 Å². The van der Waals surface area contributed by atoms with Crippen LogP contribution < -0.4 is 16.2 Å². The van der Waals surface area contributed by atoms with Crippen LogP contribution >= 0.6 is 0 Å². The number of aromatic amines is 1.